The maximum atomic E-state index is 11.7. The normalized spacial score (nSPS) is 10.5. The van der Waals surface area contributed by atoms with Crippen LogP contribution in [0.3, 0.4) is 0 Å². The summed E-state index contributed by atoms with van der Waals surface area (Å²) in [6, 6.07) is 2.01. The van der Waals surface area contributed by atoms with Gasteiger partial charge in [-0.25, -0.2) is 4.98 Å². The zero-order valence-corrected chi connectivity index (χ0v) is 11.4. The number of aromatic amines is 2. The molecular weight excluding hydrogens is 286 g/mol. The lowest BCUT2D eigenvalue weighted by atomic mass is 10.1. The van der Waals surface area contributed by atoms with Gasteiger partial charge in [0.05, 0.1) is 0 Å². The first-order valence-corrected chi connectivity index (χ1v) is 6.26. The summed E-state index contributed by atoms with van der Waals surface area (Å²) in [7, 11) is 0. The lowest BCUT2D eigenvalue weighted by molar-refractivity contribution is 1.17. The summed E-state index contributed by atoms with van der Waals surface area (Å²) in [5.41, 5.74) is 14.0. The zero-order valence-electron chi connectivity index (χ0n) is 9.77. The molecule has 0 amide bonds. The molecule has 3 rings (SSSR count). The van der Waals surface area contributed by atoms with Crippen molar-refractivity contribution in [1.82, 2.24) is 15.0 Å². The molecule has 0 bridgehead atoms. The third-order valence-electron chi connectivity index (χ3n) is 2.77. The SMILES string of the molecule is Cl.Nc1nc2c(Cc3ccsc3)c(N)[nH]c2c(=O)[nH]1. The number of anilines is 2. The maximum Gasteiger partial charge on any atom is 0.276 e. The van der Waals surface area contributed by atoms with E-state index in [4.69, 9.17) is 11.5 Å². The van der Waals surface area contributed by atoms with Crippen molar-refractivity contribution in [3.05, 3.63) is 38.3 Å². The molecular formula is C11H12ClN5OS. The smallest absolute Gasteiger partial charge is 0.276 e. The van der Waals surface area contributed by atoms with Crippen LogP contribution in [-0.4, -0.2) is 15.0 Å². The van der Waals surface area contributed by atoms with E-state index < -0.39 is 0 Å². The number of nitrogens with zero attached hydrogens (tertiary/aromatic N) is 1. The largest absolute Gasteiger partial charge is 0.385 e. The Bertz CT molecular complexity index is 761. The molecule has 0 unspecified atom stereocenters. The summed E-state index contributed by atoms with van der Waals surface area (Å²) >= 11 is 1.61. The van der Waals surface area contributed by atoms with Gasteiger partial charge < -0.3 is 16.5 Å². The van der Waals surface area contributed by atoms with Crippen LogP contribution in [0, 0.1) is 0 Å². The number of aromatic nitrogens is 3. The number of rotatable bonds is 2. The molecule has 0 aliphatic heterocycles. The van der Waals surface area contributed by atoms with Crippen LogP contribution in [-0.2, 0) is 6.42 Å². The highest BCUT2D eigenvalue weighted by Crippen LogP contribution is 2.24. The Morgan fingerprint density at radius 1 is 1.32 bits per heavy atom. The fraction of sp³-hybridized carbons (Fsp3) is 0.0909. The van der Waals surface area contributed by atoms with Gasteiger partial charge in [-0.15, -0.1) is 12.4 Å². The van der Waals surface area contributed by atoms with Gasteiger partial charge in [0.15, 0.2) is 0 Å². The molecule has 0 saturated heterocycles. The zero-order chi connectivity index (χ0) is 12.7. The molecule has 3 heterocycles. The molecule has 0 saturated carbocycles. The fourth-order valence-corrected chi connectivity index (χ4v) is 2.61. The number of fused-ring (bicyclic) bond motifs is 1. The second-order valence-electron chi connectivity index (χ2n) is 4.00. The van der Waals surface area contributed by atoms with Crippen LogP contribution in [0.15, 0.2) is 21.6 Å². The summed E-state index contributed by atoms with van der Waals surface area (Å²) < 4.78 is 0. The predicted octanol–water partition coefficient (Wildman–Crippen LogP) is 1.49. The lowest BCUT2D eigenvalue weighted by Crippen LogP contribution is -2.11. The molecule has 6 nitrogen and oxygen atoms in total. The molecule has 0 fully saturated rings. The molecule has 0 aliphatic rings. The van der Waals surface area contributed by atoms with Crippen LogP contribution < -0.4 is 17.0 Å². The van der Waals surface area contributed by atoms with E-state index in [0.29, 0.717) is 23.3 Å². The Labute approximate surface area is 118 Å². The third kappa shape index (κ3) is 2.29. The standard InChI is InChI=1S/C11H11N5OS.ClH/c12-9-6(3-5-1-2-18-4-5)7-8(14-9)10(17)16-11(13)15-7;/h1-2,4,14H,3,12H2,(H3,13,15,16,17);1H. The van der Waals surface area contributed by atoms with E-state index in [-0.39, 0.29) is 23.9 Å². The van der Waals surface area contributed by atoms with Crippen molar-refractivity contribution in [1.29, 1.82) is 0 Å². The lowest BCUT2D eigenvalue weighted by Gasteiger charge is -1.99. The number of hydrogen-bond acceptors (Lipinski definition) is 5. The number of nitrogen functional groups attached to an aromatic ring is 2. The van der Waals surface area contributed by atoms with Crippen molar-refractivity contribution >= 4 is 46.5 Å². The van der Waals surface area contributed by atoms with E-state index in [1.807, 2.05) is 16.8 Å². The van der Waals surface area contributed by atoms with Crippen molar-refractivity contribution in [3.8, 4) is 0 Å². The average molecular weight is 298 g/mol. The summed E-state index contributed by atoms with van der Waals surface area (Å²) in [6.07, 6.45) is 0.630. The molecule has 100 valence electrons. The monoisotopic (exact) mass is 297 g/mol. The van der Waals surface area contributed by atoms with Crippen LogP contribution in [0.2, 0.25) is 0 Å². The maximum absolute atomic E-state index is 11.7. The van der Waals surface area contributed by atoms with Gasteiger partial charge in [0.1, 0.15) is 16.9 Å². The molecule has 19 heavy (non-hydrogen) atoms. The highest BCUT2D eigenvalue weighted by Gasteiger charge is 2.14. The number of nitrogens with two attached hydrogens (primary N) is 2. The highest BCUT2D eigenvalue weighted by atomic mass is 35.5. The van der Waals surface area contributed by atoms with Gasteiger partial charge >= 0.3 is 0 Å². The van der Waals surface area contributed by atoms with Crippen LogP contribution in [0.25, 0.3) is 11.0 Å². The topological polar surface area (TPSA) is 114 Å². The molecule has 0 spiro atoms. The summed E-state index contributed by atoms with van der Waals surface area (Å²) in [4.78, 5) is 21.2. The molecule has 8 heteroatoms. The van der Waals surface area contributed by atoms with Crippen LogP contribution >= 0.6 is 23.7 Å². The minimum Gasteiger partial charge on any atom is -0.385 e. The van der Waals surface area contributed by atoms with Crippen molar-refractivity contribution in [2.45, 2.75) is 6.42 Å². The molecule has 3 aromatic rings. The Kier molecular flexibility index (Phi) is 3.50. The molecule has 0 aliphatic carbocycles. The minimum absolute atomic E-state index is 0. The second-order valence-corrected chi connectivity index (χ2v) is 4.78. The fourth-order valence-electron chi connectivity index (χ4n) is 1.94. The number of halogens is 1. The third-order valence-corrected chi connectivity index (χ3v) is 3.50. The average Bonchev–Trinajstić information content (AvgIpc) is 2.91. The van der Waals surface area contributed by atoms with Crippen molar-refractivity contribution in [2.24, 2.45) is 0 Å². The summed E-state index contributed by atoms with van der Waals surface area (Å²) in [5.74, 6) is 0.554. The quantitative estimate of drug-likeness (QED) is 0.574. The Balaban J connectivity index is 0.00000133. The predicted molar refractivity (Wildman–Crippen MR) is 79.9 cm³/mol. The van der Waals surface area contributed by atoms with E-state index in [2.05, 4.69) is 15.0 Å². The Morgan fingerprint density at radius 3 is 2.79 bits per heavy atom. The first-order chi connectivity index (χ1) is 8.65. The number of thiophene rings is 1. The van der Waals surface area contributed by atoms with Crippen LogP contribution in [0.5, 0.6) is 0 Å². The van der Waals surface area contributed by atoms with Gasteiger partial charge in [0, 0.05) is 12.0 Å². The van der Waals surface area contributed by atoms with E-state index >= 15 is 0 Å². The Morgan fingerprint density at radius 2 is 2.11 bits per heavy atom. The minimum atomic E-state index is -0.305. The molecule has 3 aromatic heterocycles. The van der Waals surface area contributed by atoms with E-state index in [0.717, 1.165) is 11.1 Å². The second kappa shape index (κ2) is 4.94. The molecule has 0 aromatic carbocycles. The van der Waals surface area contributed by atoms with Crippen LogP contribution in [0.1, 0.15) is 11.1 Å². The summed E-state index contributed by atoms with van der Waals surface area (Å²) in [5, 5.41) is 4.03. The van der Waals surface area contributed by atoms with E-state index in [9.17, 15) is 4.79 Å². The number of hydrogen-bond donors (Lipinski definition) is 4. The summed E-state index contributed by atoms with van der Waals surface area (Å²) in [6.45, 7) is 0. The van der Waals surface area contributed by atoms with E-state index in [1.165, 1.54) is 0 Å². The van der Waals surface area contributed by atoms with Crippen LogP contribution in [0.4, 0.5) is 11.8 Å². The van der Waals surface area contributed by atoms with Gasteiger partial charge in [-0.1, -0.05) is 0 Å². The van der Waals surface area contributed by atoms with Crippen molar-refractivity contribution in [2.75, 3.05) is 11.5 Å². The van der Waals surface area contributed by atoms with Gasteiger partial charge in [-0.2, -0.15) is 11.3 Å². The van der Waals surface area contributed by atoms with E-state index in [1.54, 1.807) is 11.3 Å². The molecule has 0 atom stereocenters. The van der Waals surface area contributed by atoms with Gasteiger partial charge in [0.25, 0.3) is 5.56 Å². The van der Waals surface area contributed by atoms with Gasteiger partial charge in [-0.3, -0.25) is 9.78 Å². The number of H-pyrrole nitrogens is 2. The van der Waals surface area contributed by atoms with Crippen molar-refractivity contribution in [3.63, 3.8) is 0 Å². The first-order valence-electron chi connectivity index (χ1n) is 5.32. The molecule has 0 radical (unpaired) electrons. The van der Waals surface area contributed by atoms with Gasteiger partial charge in [0.2, 0.25) is 5.95 Å². The highest BCUT2D eigenvalue weighted by molar-refractivity contribution is 7.07. The molecule has 6 N–H and O–H groups in total. The van der Waals surface area contributed by atoms with Crippen molar-refractivity contribution < 1.29 is 0 Å². The Hall–Kier alpha value is -1.99. The van der Waals surface area contributed by atoms with Gasteiger partial charge in [-0.05, 0) is 22.4 Å². The first kappa shape index (κ1) is 13.4. The number of nitrogens with one attached hydrogen (secondary N) is 2.